The number of anilines is 2. The molecule has 0 radical (unpaired) electrons. The normalized spacial score (nSPS) is 10.1. The van der Waals surface area contributed by atoms with Gasteiger partial charge >= 0.3 is 0 Å². The molecule has 2 aromatic rings. The maximum atomic E-state index is 11.7. The van der Waals surface area contributed by atoms with Crippen molar-refractivity contribution in [1.29, 1.82) is 0 Å². The van der Waals surface area contributed by atoms with E-state index in [4.69, 9.17) is 5.73 Å². The number of hydrogen-bond acceptors (Lipinski definition) is 3. The molecule has 2 rings (SSSR count). The Morgan fingerprint density at radius 3 is 2.72 bits per heavy atom. The van der Waals surface area contributed by atoms with E-state index in [1.54, 1.807) is 36.5 Å². The van der Waals surface area contributed by atoms with Gasteiger partial charge in [-0.2, -0.15) is 0 Å². The van der Waals surface area contributed by atoms with Gasteiger partial charge in [0.05, 0.1) is 5.69 Å². The van der Waals surface area contributed by atoms with Crippen LogP contribution in [0.5, 0.6) is 0 Å². The van der Waals surface area contributed by atoms with E-state index in [1.165, 1.54) is 17.6 Å². The van der Waals surface area contributed by atoms with Crippen LogP contribution in [0.2, 0.25) is 0 Å². The Kier molecular flexibility index (Phi) is 3.14. The van der Waals surface area contributed by atoms with Crippen molar-refractivity contribution in [1.82, 2.24) is 4.57 Å². The third-order valence-corrected chi connectivity index (χ3v) is 2.36. The summed E-state index contributed by atoms with van der Waals surface area (Å²) in [6.07, 6.45) is 1.65. The highest BCUT2D eigenvalue weighted by Gasteiger charge is 2.03. The summed E-state index contributed by atoms with van der Waals surface area (Å²) in [5, 5.41) is 2.64. The van der Waals surface area contributed by atoms with Crippen molar-refractivity contribution in [3.8, 4) is 5.69 Å². The van der Waals surface area contributed by atoms with E-state index >= 15 is 0 Å². The molecule has 18 heavy (non-hydrogen) atoms. The van der Waals surface area contributed by atoms with Gasteiger partial charge in [0.25, 0.3) is 5.56 Å². The molecule has 0 aliphatic carbocycles. The summed E-state index contributed by atoms with van der Waals surface area (Å²) in [6.45, 7) is 1.41. The highest BCUT2D eigenvalue weighted by Crippen LogP contribution is 2.18. The molecule has 0 unspecified atom stereocenters. The molecule has 0 saturated heterocycles. The number of rotatable bonds is 2. The monoisotopic (exact) mass is 243 g/mol. The molecular formula is C13H13N3O2. The van der Waals surface area contributed by atoms with Crippen LogP contribution in [0.15, 0.2) is 47.4 Å². The number of benzene rings is 1. The first-order valence-corrected chi connectivity index (χ1v) is 5.42. The van der Waals surface area contributed by atoms with Crippen LogP contribution in [0, 0.1) is 0 Å². The number of hydrogen-bond donors (Lipinski definition) is 2. The van der Waals surface area contributed by atoms with Crippen LogP contribution in [-0.2, 0) is 4.79 Å². The highest BCUT2D eigenvalue weighted by molar-refractivity contribution is 5.89. The summed E-state index contributed by atoms with van der Waals surface area (Å²) in [4.78, 5) is 22.7. The molecule has 0 aliphatic heterocycles. The number of carbonyl (C=O) groups is 1. The predicted molar refractivity (Wildman–Crippen MR) is 70.8 cm³/mol. The van der Waals surface area contributed by atoms with Crippen molar-refractivity contribution in [2.45, 2.75) is 6.92 Å². The fourth-order valence-electron chi connectivity index (χ4n) is 1.69. The first-order valence-electron chi connectivity index (χ1n) is 5.42. The molecule has 0 spiro atoms. The summed E-state index contributed by atoms with van der Waals surface area (Å²) < 4.78 is 1.46. The number of carbonyl (C=O) groups excluding carboxylic acids is 1. The van der Waals surface area contributed by atoms with Crippen molar-refractivity contribution < 1.29 is 4.79 Å². The second-order valence-electron chi connectivity index (χ2n) is 3.90. The standard InChI is InChI=1S/C13H13N3O2/c1-9(17)15-11-6-10(14)7-12(8-11)16-5-3-2-4-13(16)18/h2-8H,14H2,1H3,(H,15,17). The Balaban J connectivity index is 2.52. The summed E-state index contributed by atoms with van der Waals surface area (Å²) in [7, 11) is 0. The molecule has 0 atom stereocenters. The number of amides is 1. The zero-order valence-corrected chi connectivity index (χ0v) is 9.88. The molecule has 1 amide bonds. The maximum Gasteiger partial charge on any atom is 0.255 e. The van der Waals surface area contributed by atoms with E-state index in [9.17, 15) is 9.59 Å². The van der Waals surface area contributed by atoms with E-state index in [0.29, 0.717) is 17.1 Å². The minimum Gasteiger partial charge on any atom is -0.399 e. The lowest BCUT2D eigenvalue weighted by Crippen LogP contribution is -2.16. The first kappa shape index (κ1) is 11.9. The van der Waals surface area contributed by atoms with Crippen molar-refractivity contribution in [3.63, 3.8) is 0 Å². The van der Waals surface area contributed by atoms with Crippen LogP contribution in [0.25, 0.3) is 5.69 Å². The smallest absolute Gasteiger partial charge is 0.255 e. The van der Waals surface area contributed by atoms with Crippen LogP contribution in [0.1, 0.15) is 6.92 Å². The van der Waals surface area contributed by atoms with Crippen LogP contribution >= 0.6 is 0 Å². The lowest BCUT2D eigenvalue weighted by atomic mass is 10.2. The Morgan fingerprint density at radius 1 is 1.28 bits per heavy atom. The third-order valence-electron chi connectivity index (χ3n) is 2.36. The quantitative estimate of drug-likeness (QED) is 0.782. The first-order chi connectivity index (χ1) is 8.56. The van der Waals surface area contributed by atoms with Gasteiger partial charge in [0.2, 0.25) is 5.91 Å². The Morgan fingerprint density at radius 2 is 2.06 bits per heavy atom. The van der Waals surface area contributed by atoms with E-state index in [0.717, 1.165) is 0 Å². The fraction of sp³-hybridized carbons (Fsp3) is 0.0769. The third kappa shape index (κ3) is 2.57. The topological polar surface area (TPSA) is 77.1 Å². The van der Waals surface area contributed by atoms with Gasteiger partial charge in [-0.15, -0.1) is 0 Å². The SMILES string of the molecule is CC(=O)Nc1cc(N)cc(-n2ccccc2=O)c1. The van der Waals surface area contributed by atoms with E-state index in [2.05, 4.69) is 5.32 Å². The van der Waals surface area contributed by atoms with Gasteiger partial charge < -0.3 is 11.1 Å². The van der Waals surface area contributed by atoms with E-state index in [-0.39, 0.29) is 11.5 Å². The fourth-order valence-corrected chi connectivity index (χ4v) is 1.69. The average molecular weight is 243 g/mol. The molecule has 0 fully saturated rings. The average Bonchev–Trinajstić information content (AvgIpc) is 2.27. The molecule has 3 N–H and O–H groups in total. The number of nitrogens with two attached hydrogens (primary N) is 1. The van der Waals surface area contributed by atoms with Crippen LogP contribution in [0.3, 0.4) is 0 Å². The summed E-state index contributed by atoms with van der Waals surface area (Å²) in [5.74, 6) is -0.188. The van der Waals surface area contributed by atoms with Crippen LogP contribution < -0.4 is 16.6 Å². The number of pyridine rings is 1. The van der Waals surface area contributed by atoms with Crippen LogP contribution in [-0.4, -0.2) is 10.5 Å². The minimum atomic E-state index is -0.188. The number of nitrogens with one attached hydrogen (secondary N) is 1. The zero-order valence-electron chi connectivity index (χ0n) is 9.88. The summed E-state index contributed by atoms with van der Waals surface area (Å²) >= 11 is 0. The van der Waals surface area contributed by atoms with Crippen molar-refractivity contribution >= 4 is 17.3 Å². The summed E-state index contributed by atoms with van der Waals surface area (Å²) in [5.41, 5.74) is 7.26. The Hall–Kier alpha value is -2.56. The van der Waals surface area contributed by atoms with Gasteiger partial charge in [-0.1, -0.05) is 6.07 Å². The minimum absolute atomic E-state index is 0.156. The molecule has 1 heterocycles. The van der Waals surface area contributed by atoms with Crippen molar-refractivity contribution in [2.75, 3.05) is 11.1 Å². The zero-order chi connectivity index (χ0) is 13.1. The molecule has 5 heteroatoms. The number of nitrogens with zero attached hydrogens (tertiary/aromatic N) is 1. The maximum absolute atomic E-state index is 11.7. The lowest BCUT2D eigenvalue weighted by Gasteiger charge is -2.09. The molecule has 5 nitrogen and oxygen atoms in total. The van der Waals surface area contributed by atoms with Gasteiger partial charge in [0, 0.05) is 30.6 Å². The van der Waals surface area contributed by atoms with Gasteiger partial charge in [0.1, 0.15) is 0 Å². The largest absolute Gasteiger partial charge is 0.399 e. The van der Waals surface area contributed by atoms with Gasteiger partial charge in [0.15, 0.2) is 0 Å². The summed E-state index contributed by atoms with van der Waals surface area (Å²) in [6, 6.07) is 9.88. The van der Waals surface area contributed by atoms with Crippen LogP contribution in [0.4, 0.5) is 11.4 Å². The molecule has 1 aromatic carbocycles. The molecule has 0 bridgehead atoms. The Labute approximate surface area is 104 Å². The lowest BCUT2D eigenvalue weighted by molar-refractivity contribution is -0.114. The molecule has 1 aromatic heterocycles. The number of aromatic nitrogens is 1. The molecule has 0 aliphatic rings. The second kappa shape index (κ2) is 4.75. The van der Waals surface area contributed by atoms with Gasteiger partial charge in [-0.3, -0.25) is 14.2 Å². The second-order valence-corrected chi connectivity index (χ2v) is 3.90. The van der Waals surface area contributed by atoms with E-state index in [1.807, 2.05) is 0 Å². The Bertz CT molecular complexity index is 647. The van der Waals surface area contributed by atoms with Gasteiger partial charge in [-0.25, -0.2) is 0 Å². The highest BCUT2D eigenvalue weighted by atomic mass is 16.1. The van der Waals surface area contributed by atoms with Crippen molar-refractivity contribution in [2.24, 2.45) is 0 Å². The van der Waals surface area contributed by atoms with E-state index < -0.39 is 0 Å². The van der Waals surface area contributed by atoms with Crippen molar-refractivity contribution in [3.05, 3.63) is 52.9 Å². The molecular weight excluding hydrogens is 230 g/mol. The van der Waals surface area contributed by atoms with Gasteiger partial charge in [-0.05, 0) is 24.3 Å². The molecule has 92 valence electrons. The predicted octanol–water partition coefficient (Wildman–Crippen LogP) is 1.38. The number of nitrogen functional groups attached to an aromatic ring is 1. The molecule has 0 saturated carbocycles.